The van der Waals surface area contributed by atoms with Gasteiger partial charge in [-0.25, -0.2) is 4.98 Å². The van der Waals surface area contributed by atoms with E-state index in [1.54, 1.807) is 17.4 Å². The Bertz CT molecular complexity index is 1190. The van der Waals surface area contributed by atoms with Gasteiger partial charge in [0.2, 0.25) is 5.91 Å². The van der Waals surface area contributed by atoms with Crippen molar-refractivity contribution in [1.82, 2.24) is 15.3 Å². The van der Waals surface area contributed by atoms with Crippen molar-refractivity contribution in [2.24, 2.45) is 0 Å². The summed E-state index contributed by atoms with van der Waals surface area (Å²) in [5.41, 5.74) is 0.486. The smallest absolute Gasteiger partial charge is 0.355 e. The lowest BCUT2D eigenvalue weighted by Crippen LogP contribution is -2.28. The van der Waals surface area contributed by atoms with Crippen molar-refractivity contribution in [3.63, 3.8) is 0 Å². The number of hydrogen-bond donors (Lipinski definition) is 2. The van der Waals surface area contributed by atoms with Crippen LogP contribution in [0.15, 0.2) is 29.1 Å². The van der Waals surface area contributed by atoms with Gasteiger partial charge in [0.15, 0.2) is 0 Å². The number of rotatable bonds is 7. The highest BCUT2D eigenvalue weighted by Gasteiger charge is 2.32. The molecule has 1 aromatic carbocycles. The van der Waals surface area contributed by atoms with Crippen molar-refractivity contribution >= 4 is 39.2 Å². The quantitative estimate of drug-likeness (QED) is 0.522. The van der Waals surface area contributed by atoms with Gasteiger partial charge in [0.25, 0.3) is 5.56 Å². The Morgan fingerprint density at radius 1 is 1.22 bits per heavy atom. The number of nitrogens with one attached hydrogen (secondary N) is 2. The van der Waals surface area contributed by atoms with Gasteiger partial charge in [-0.3, -0.25) is 9.59 Å². The maximum atomic E-state index is 13.0. The summed E-state index contributed by atoms with van der Waals surface area (Å²) in [5, 5.41) is 3.36. The number of alkyl halides is 3. The fraction of sp³-hybridized carbons (Fsp3) is 0.409. The number of aromatic amines is 1. The van der Waals surface area contributed by atoms with Gasteiger partial charge in [0, 0.05) is 11.4 Å². The van der Waals surface area contributed by atoms with Gasteiger partial charge in [-0.15, -0.1) is 23.1 Å². The summed E-state index contributed by atoms with van der Waals surface area (Å²) < 4.78 is 39.1. The molecule has 0 bridgehead atoms. The Hall–Kier alpha value is -2.33. The zero-order chi connectivity index (χ0) is 22.7. The van der Waals surface area contributed by atoms with Crippen molar-refractivity contribution in [3.8, 4) is 0 Å². The molecule has 10 heteroatoms. The number of amides is 1. The number of hydrogen-bond acceptors (Lipinski definition) is 5. The topological polar surface area (TPSA) is 74.8 Å². The van der Waals surface area contributed by atoms with E-state index in [0.717, 1.165) is 42.1 Å². The van der Waals surface area contributed by atoms with Gasteiger partial charge >= 0.3 is 6.18 Å². The second-order valence-electron chi connectivity index (χ2n) is 7.65. The van der Waals surface area contributed by atoms with Crippen molar-refractivity contribution in [1.29, 1.82) is 0 Å². The Balaban J connectivity index is 1.28. The summed E-state index contributed by atoms with van der Waals surface area (Å²) in [5.74, 6) is 0.759. The lowest BCUT2D eigenvalue weighted by Gasteiger charge is -2.12. The van der Waals surface area contributed by atoms with Crippen molar-refractivity contribution < 1.29 is 18.0 Å². The standard InChI is InChI=1S/C22H22F3N3O2S2/c23-22(24,25)15-7-3-1-5-13(15)9-10-26-18(29)12-31-11-17-27-20(30)19-14-6-2-4-8-16(14)32-21(19)28-17/h1,3,5,7H,2,4,6,8-12H2,(H,26,29)(H,27,28,30). The zero-order valence-corrected chi connectivity index (χ0v) is 18.8. The minimum atomic E-state index is -4.41. The third kappa shape index (κ3) is 5.17. The van der Waals surface area contributed by atoms with E-state index in [-0.39, 0.29) is 35.7 Å². The zero-order valence-electron chi connectivity index (χ0n) is 17.2. The number of benzene rings is 1. The molecule has 2 N–H and O–H groups in total. The summed E-state index contributed by atoms with van der Waals surface area (Å²) in [6.07, 6.45) is -0.177. The van der Waals surface area contributed by atoms with E-state index in [0.29, 0.717) is 17.0 Å². The van der Waals surface area contributed by atoms with Crippen LogP contribution in [0.2, 0.25) is 0 Å². The van der Waals surface area contributed by atoms with Crippen LogP contribution in [0, 0.1) is 0 Å². The number of aromatic nitrogens is 2. The maximum Gasteiger partial charge on any atom is 0.416 e. The number of nitrogens with zero attached hydrogens (tertiary/aromatic N) is 1. The number of carbonyl (C=O) groups excluding carboxylic acids is 1. The number of thioether (sulfide) groups is 1. The molecule has 0 atom stereocenters. The molecule has 4 rings (SSSR count). The number of carbonyl (C=O) groups is 1. The van der Waals surface area contributed by atoms with Crippen LogP contribution in [0.4, 0.5) is 13.2 Å². The molecule has 2 heterocycles. The largest absolute Gasteiger partial charge is 0.416 e. The SMILES string of the molecule is O=C(CSCc1nc2sc3c(c2c(=O)[nH]1)CCCC3)NCCc1ccccc1C(F)(F)F. The van der Waals surface area contributed by atoms with Gasteiger partial charge in [-0.05, 0) is 49.3 Å². The third-order valence-corrected chi connectivity index (χ3v) is 7.51. The lowest BCUT2D eigenvalue weighted by atomic mass is 9.97. The molecule has 0 radical (unpaired) electrons. The van der Waals surface area contributed by atoms with Crippen LogP contribution in [0.5, 0.6) is 0 Å². The first-order valence-electron chi connectivity index (χ1n) is 10.4. The normalized spacial score (nSPS) is 13.8. The summed E-state index contributed by atoms with van der Waals surface area (Å²) >= 11 is 2.88. The van der Waals surface area contributed by atoms with E-state index >= 15 is 0 Å². The summed E-state index contributed by atoms with van der Waals surface area (Å²) in [6, 6.07) is 5.37. The predicted molar refractivity (Wildman–Crippen MR) is 121 cm³/mol. The lowest BCUT2D eigenvalue weighted by molar-refractivity contribution is -0.138. The van der Waals surface area contributed by atoms with E-state index in [9.17, 15) is 22.8 Å². The van der Waals surface area contributed by atoms with Crippen molar-refractivity contribution in [2.45, 2.75) is 44.0 Å². The van der Waals surface area contributed by atoms with E-state index in [2.05, 4.69) is 15.3 Å². The minimum Gasteiger partial charge on any atom is -0.355 e. The van der Waals surface area contributed by atoms with Crippen LogP contribution >= 0.6 is 23.1 Å². The molecule has 3 aromatic rings. The van der Waals surface area contributed by atoms with E-state index in [4.69, 9.17) is 0 Å². The van der Waals surface area contributed by atoms with Gasteiger partial charge in [-0.2, -0.15) is 13.2 Å². The first-order valence-corrected chi connectivity index (χ1v) is 12.3. The maximum absolute atomic E-state index is 13.0. The molecule has 0 saturated heterocycles. The average Bonchev–Trinajstić information content (AvgIpc) is 3.12. The van der Waals surface area contributed by atoms with Crippen molar-refractivity contribution in [3.05, 3.63) is 62.0 Å². The van der Waals surface area contributed by atoms with Crippen LogP contribution in [0.25, 0.3) is 10.2 Å². The van der Waals surface area contributed by atoms with Crippen LogP contribution in [-0.2, 0) is 36.0 Å². The van der Waals surface area contributed by atoms with Gasteiger partial charge in [0.1, 0.15) is 10.7 Å². The molecular formula is C22H22F3N3O2S2. The molecule has 1 aliphatic carbocycles. The summed E-state index contributed by atoms with van der Waals surface area (Å²) in [6.45, 7) is 0.119. The number of halogens is 3. The first kappa shape index (κ1) is 22.8. The number of fused-ring (bicyclic) bond motifs is 3. The predicted octanol–water partition coefficient (Wildman–Crippen LogP) is 4.47. The second-order valence-corrected chi connectivity index (χ2v) is 9.72. The van der Waals surface area contributed by atoms with Crippen molar-refractivity contribution in [2.75, 3.05) is 12.3 Å². The summed E-state index contributed by atoms with van der Waals surface area (Å²) in [7, 11) is 0. The highest BCUT2D eigenvalue weighted by Crippen LogP contribution is 2.34. The molecule has 1 amide bonds. The van der Waals surface area contributed by atoms with Gasteiger partial charge in [0.05, 0.1) is 22.5 Å². The van der Waals surface area contributed by atoms with Gasteiger partial charge < -0.3 is 10.3 Å². The molecule has 32 heavy (non-hydrogen) atoms. The summed E-state index contributed by atoms with van der Waals surface area (Å²) in [4.78, 5) is 34.0. The fourth-order valence-corrected chi connectivity index (χ4v) is 5.92. The second kappa shape index (κ2) is 9.66. The fourth-order valence-electron chi connectivity index (χ4n) is 3.92. The monoisotopic (exact) mass is 481 g/mol. The van der Waals surface area contributed by atoms with Crippen LogP contribution < -0.4 is 10.9 Å². The number of thiophene rings is 1. The molecule has 5 nitrogen and oxygen atoms in total. The Labute approximate surface area is 190 Å². The molecule has 0 spiro atoms. The first-order chi connectivity index (χ1) is 15.3. The van der Waals surface area contributed by atoms with E-state index in [1.165, 1.54) is 28.8 Å². The van der Waals surface area contributed by atoms with Gasteiger partial charge in [-0.1, -0.05) is 18.2 Å². The molecule has 0 saturated carbocycles. The minimum absolute atomic E-state index is 0.0979. The third-order valence-electron chi connectivity index (χ3n) is 5.39. The molecule has 2 aromatic heterocycles. The molecule has 0 aliphatic heterocycles. The number of aryl methyl sites for hydroxylation is 2. The van der Waals surface area contributed by atoms with E-state index in [1.807, 2.05) is 0 Å². The molecule has 170 valence electrons. The molecule has 0 unspecified atom stereocenters. The Kier molecular flexibility index (Phi) is 6.90. The molecular weight excluding hydrogens is 459 g/mol. The average molecular weight is 482 g/mol. The van der Waals surface area contributed by atoms with E-state index < -0.39 is 11.7 Å². The highest BCUT2D eigenvalue weighted by molar-refractivity contribution is 7.99. The van der Waals surface area contributed by atoms with Crippen LogP contribution in [-0.4, -0.2) is 28.2 Å². The highest BCUT2D eigenvalue weighted by atomic mass is 32.2. The van der Waals surface area contributed by atoms with Crippen LogP contribution in [0.3, 0.4) is 0 Å². The Morgan fingerprint density at radius 3 is 2.81 bits per heavy atom. The molecule has 0 fully saturated rings. The Morgan fingerprint density at radius 2 is 2.00 bits per heavy atom. The molecule has 1 aliphatic rings. The number of H-pyrrole nitrogens is 1. The van der Waals surface area contributed by atoms with Crippen LogP contribution in [0.1, 0.15) is 40.2 Å².